The number of benzene rings is 2. The Balaban J connectivity index is 1.56. The van der Waals surface area contributed by atoms with Crippen LogP contribution < -0.4 is 15.5 Å². The summed E-state index contributed by atoms with van der Waals surface area (Å²) in [6.07, 6.45) is 2.04. The number of ether oxygens (including phenoxy) is 1. The van der Waals surface area contributed by atoms with Crippen LogP contribution >= 0.6 is 11.8 Å². The molecule has 0 aliphatic carbocycles. The van der Waals surface area contributed by atoms with Crippen LogP contribution in [0.2, 0.25) is 0 Å². The summed E-state index contributed by atoms with van der Waals surface area (Å²) in [6.45, 7) is 5.20. The zero-order valence-electron chi connectivity index (χ0n) is 15.2. The fourth-order valence-corrected chi connectivity index (χ4v) is 3.32. The van der Waals surface area contributed by atoms with Crippen LogP contribution in [0.3, 0.4) is 0 Å². The normalized spacial score (nSPS) is 15.4. The van der Waals surface area contributed by atoms with Crippen molar-refractivity contribution < 1.29 is 9.53 Å². The number of carbonyl (C=O) groups is 1. The smallest absolute Gasteiger partial charge is 0.246 e. The molecule has 0 radical (unpaired) electrons. The fourth-order valence-electron chi connectivity index (χ4n) is 2.86. The van der Waals surface area contributed by atoms with E-state index in [1.54, 1.807) is 11.8 Å². The minimum Gasteiger partial charge on any atom is -0.378 e. The van der Waals surface area contributed by atoms with Gasteiger partial charge in [-0.3, -0.25) is 4.79 Å². The lowest BCUT2D eigenvalue weighted by atomic mass is 10.2. The van der Waals surface area contributed by atoms with Gasteiger partial charge >= 0.3 is 0 Å². The molecule has 1 atom stereocenters. The third-order valence-corrected chi connectivity index (χ3v) is 5.08. The average molecular weight is 372 g/mol. The van der Waals surface area contributed by atoms with Crippen LogP contribution in [-0.4, -0.2) is 44.5 Å². The van der Waals surface area contributed by atoms with Gasteiger partial charge in [0, 0.05) is 35.0 Å². The lowest BCUT2D eigenvalue weighted by molar-refractivity contribution is -0.116. The van der Waals surface area contributed by atoms with Crippen LogP contribution in [0.15, 0.2) is 53.4 Å². The fraction of sp³-hybridized carbons (Fsp3) is 0.350. The van der Waals surface area contributed by atoms with E-state index in [4.69, 9.17) is 4.74 Å². The Bertz CT molecular complexity index is 730. The molecule has 1 saturated heterocycles. The van der Waals surface area contributed by atoms with Crippen LogP contribution in [0, 0.1) is 0 Å². The second kappa shape index (κ2) is 8.96. The third-order valence-electron chi connectivity index (χ3n) is 4.36. The zero-order valence-corrected chi connectivity index (χ0v) is 16.0. The molecule has 2 aromatic rings. The predicted molar refractivity (Wildman–Crippen MR) is 109 cm³/mol. The number of hydrogen-bond acceptors (Lipinski definition) is 5. The molecule has 1 fully saturated rings. The lowest BCUT2D eigenvalue weighted by Gasteiger charge is -2.29. The summed E-state index contributed by atoms with van der Waals surface area (Å²) in [5.41, 5.74) is 2.91. The van der Waals surface area contributed by atoms with Crippen LogP contribution in [-0.2, 0) is 9.53 Å². The Kier molecular flexibility index (Phi) is 6.41. The molecule has 0 spiro atoms. The van der Waals surface area contributed by atoms with Gasteiger partial charge in [-0.1, -0.05) is 6.07 Å². The van der Waals surface area contributed by atoms with Crippen molar-refractivity contribution in [1.82, 2.24) is 0 Å². The molecule has 0 bridgehead atoms. The van der Waals surface area contributed by atoms with Crippen LogP contribution in [0.25, 0.3) is 0 Å². The van der Waals surface area contributed by atoms with E-state index in [9.17, 15) is 4.79 Å². The molecule has 1 amide bonds. The Hall–Kier alpha value is -2.18. The molecule has 0 aromatic heterocycles. The number of nitrogens with zero attached hydrogens (tertiary/aromatic N) is 1. The van der Waals surface area contributed by atoms with E-state index in [2.05, 4.69) is 21.6 Å². The van der Waals surface area contributed by atoms with Crippen molar-refractivity contribution in [3.05, 3.63) is 48.5 Å². The monoisotopic (exact) mass is 371 g/mol. The van der Waals surface area contributed by atoms with Gasteiger partial charge in [0.25, 0.3) is 0 Å². The molecule has 2 N–H and O–H groups in total. The van der Waals surface area contributed by atoms with E-state index in [1.165, 1.54) is 4.90 Å². The summed E-state index contributed by atoms with van der Waals surface area (Å²) >= 11 is 1.68. The first-order chi connectivity index (χ1) is 12.7. The van der Waals surface area contributed by atoms with Crippen LogP contribution in [0.5, 0.6) is 0 Å². The predicted octanol–water partition coefficient (Wildman–Crippen LogP) is 3.68. The van der Waals surface area contributed by atoms with Crippen molar-refractivity contribution in [3.8, 4) is 0 Å². The summed E-state index contributed by atoms with van der Waals surface area (Å²) in [4.78, 5) is 15.9. The van der Waals surface area contributed by atoms with Gasteiger partial charge in [0.05, 0.1) is 13.2 Å². The number of amides is 1. The van der Waals surface area contributed by atoms with E-state index in [1.807, 2.05) is 55.6 Å². The largest absolute Gasteiger partial charge is 0.378 e. The highest BCUT2D eigenvalue weighted by Crippen LogP contribution is 2.21. The molecule has 1 aliphatic heterocycles. The highest BCUT2D eigenvalue weighted by molar-refractivity contribution is 7.98. The van der Waals surface area contributed by atoms with Gasteiger partial charge in [-0.15, -0.1) is 11.8 Å². The first kappa shape index (κ1) is 18.6. The van der Waals surface area contributed by atoms with Gasteiger partial charge in [0.2, 0.25) is 5.91 Å². The van der Waals surface area contributed by atoms with Crippen molar-refractivity contribution >= 4 is 34.7 Å². The quantitative estimate of drug-likeness (QED) is 0.759. The highest BCUT2D eigenvalue weighted by Gasteiger charge is 2.14. The van der Waals surface area contributed by atoms with Crippen molar-refractivity contribution in [2.24, 2.45) is 0 Å². The topological polar surface area (TPSA) is 53.6 Å². The van der Waals surface area contributed by atoms with Crippen LogP contribution in [0.4, 0.5) is 17.1 Å². The first-order valence-electron chi connectivity index (χ1n) is 8.80. The molecule has 2 aromatic carbocycles. The second-order valence-electron chi connectivity index (χ2n) is 6.23. The molecule has 138 valence electrons. The minimum atomic E-state index is -0.328. The van der Waals surface area contributed by atoms with Crippen molar-refractivity contribution in [3.63, 3.8) is 0 Å². The minimum absolute atomic E-state index is 0.0568. The van der Waals surface area contributed by atoms with E-state index in [-0.39, 0.29) is 11.9 Å². The zero-order chi connectivity index (χ0) is 18.4. The van der Waals surface area contributed by atoms with Gasteiger partial charge in [0.15, 0.2) is 0 Å². The molecule has 1 aliphatic rings. The molecule has 0 saturated carbocycles. The van der Waals surface area contributed by atoms with E-state index >= 15 is 0 Å². The maximum absolute atomic E-state index is 12.5. The lowest BCUT2D eigenvalue weighted by Crippen LogP contribution is -2.36. The summed E-state index contributed by atoms with van der Waals surface area (Å²) in [7, 11) is 0. The molecule has 6 heteroatoms. The van der Waals surface area contributed by atoms with E-state index in [0.29, 0.717) is 0 Å². The molecular formula is C20H25N3O2S. The SMILES string of the molecule is CSc1cccc(N[C@@H](C)C(=O)Nc2ccc(N3CCOCC3)cc2)c1. The Labute approximate surface area is 159 Å². The Morgan fingerprint density at radius 2 is 1.85 bits per heavy atom. The summed E-state index contributed by atoms with van der Waals surface area (Å²) in [5.74, 6) is -0.0568. The number of rotatable bonds is 6. The average Bonchev–Trinajstić information content (AvgIpc) is 2.69. The number of hydrogen-bond donors (Lipinski definition) is 2. The van der Waals surface area contributed by atoms with E-state index in [0.717, 1.165) is 43.4 Å². The van der Waals surface area contributed by atoms with Gasteiger partial charge in [-0.2, -0.15) is 0 Å². The maximum Gasteiger partial charge on any atom is 0.246 e. The maximum atomic E-state index is 12.5. The molecule has 0 unspecified atom stereocenters. The summed E-state index contributed by atoms with van der Waals surface area (Å²) in [6, 6.07) is 15.7. The van der Waals surface area contributed by atoms with Gasteiger partial charge in [-0.05, 0) is 55.6 Å². The van der Waals surface area contributed by atoms with E-state index < -0.39 is 0 Å². The van der Waals surface area contributed by atoms with Gasteiger partial charge in [-0.25, -0.2) is 0 Å². The number of carbonyl (C=O) groups excluding carboxylic acids is 1. The first-order valence-corrected chi connectivity index (χ1v) is 10.0. The van der Waals surface area contributed by atoms with Crippen molar-refractivity contribution in [2.45, 2.75) is 17.9 Å². The summed E-state index contributed by atoms with van der Waals surface area (Å²) in [5, 5.41) is 6.22. The van der Waals surface area contributed by atoms with Crippen LogP contribution in [0.1, 0.15) is 6.92 Å². The summed E-state index contributed by atoms with van der Waals surface area (Å²) < 4.78 is 5.38. The molecular weight excluding hydrogens is 346 g/mol. The molecule has 5 nitrogen and oxygen atoms in total. The van der Waals surface area contributed by atoms with Crippen molar-refractivity contribution in [1.29, 1.82) is 0 Å². The number of thioether (sulfide) groups is 1. The standard InChI is InChI=1S/C20H25N3O2S/c1-15(21-17-4-3-5-19(14-17)26-2)20(24)22-16-6-8-18(9-7-16)23-10-12-25-13-11-23/h3-9,14-15,21H,10-13H2,1-2H3,(H,22,24)/t15-/m0/s1. The number of nitrogens with one attached hydrogen (secondary N) is 2. The molecule has 1 heterocycles. The number of morpholine rings is 1. The van der Waals surface area contributed by atoms with Gasteiger partial charge in [0.1, 0.15) is 6.04 Å². The highest BCUT2D eigenvalue weighted by atomic mass is 32.2. The Morgan fingerprint density at radius 1 is 1.12 bits per heavy atom. The van der Waals surface area contributed by atoms with Crippen molar-refractivity contribution in [2.75, 3.05) is 48.1 Å². The second-order valence-corrected chi connectivity index (χ2v) is 7.11. The molecule has 3 rings (SSSR count). The van der Waals surface area contributed by atoms with Gasteiger partial charge < -0.3 is 20.3 Å². The number of anilines is 3. The third kappa shape index (κ3) is 4.93. The Morgan fingerprint density at radius 3 is 2.54 bits per heavy atom. The molecule has 26 heavy (non-hydrogen) atoms.